The van der Waals surface area contributed by atoms with E-state index in [-0.39, 0.29) is 24.0 Å². The van der Waals surface area contributed by atoms with E-state index < -0.39 is 0 Å². The Balaban J connectivity index is 0.00000288. The van der Waals surface area contributed by atoms with Gasteiger partial charge in [-0.1, -0.05) is 0 Å². The monoisotopic (exact) mass is 468 g/mol. The van der Waals surface area contributed by atoms with Gasteiger partial charge in [0.2, 0.25) is 0 Å². The fourth-order valence-corrected chi connectivity index (χ4v) is 3.44. The first-order chi connectivity index (χ1) is 11.1. The Bertz CT molecular complexity index is 524. The SMILES string of the molecule is COCCNC(=NCc1nnc(C)n1C)NC1CCC(SC)C1.I. The van der Waals surface area contributed by atoms with Crippen molar-refractivity contribution in [1.29, 1.82) is 0 Å². The molecule has 138 valence electrons. The number of nitrogens with zero attached hydrogens (tertiary/aromatic N) is 4. The first kappa shape index (κ1) is 21.5. The molecule has 0 saturated heterocycles. The number of hydrogen-bond donors (Lipinski definition) is 2. The summed E-state index contributed by atoms with van der Waals surface area (Å²) < 4.78 is 7.07. The van der Waals surface area contributed by atoms with Crippen LogP contribution >= 0.6 is 35.7 Å². The molecule has 1 fully saturated rings. The number of hydrogen-bond acceptors (Lipinski definition) is 5. The minimum absolute atomic E-state index is 0. The van der Waals surface area contributed by atoms with E-state index in [1.54, 1.807) is 7.11 Å². The Morgan fingerprint density at radius 3 is 2.79 bits per heavy atom. The topological polar surface area (TPSA) is 76.4 Å². The van der Waals surface area contributed by atoms with Crippen molar-refractivity contribution in [3.05, 3.63) is 11.6 Å². The van der Waals surface area contributed by atoms with E-state index in [0.29, 0.717) is 19.2 Å². The smallest absolute Gasteiger partial charge is 0.192 e. The third-order valence-corrected chi connectivity index (χ3v) is 5.31. The fourth-order valence-electron chi connectivity index (χ4n) is 2.64. The van der Waals surface area contributed by atoms with Crippen molar-refractivity contribution in [3.63, 3.8) is 0 Å². The number of methoxy groups -OCH3 is 1. The van der Waals surface area contributed by atoms with E-state index in [1.807, 2.05) is 30.3 Å². The summed E-state index contributed by atoms with van der Waals surface area (Å²) in [6.45, 7) is 3.84. The van der Waals surface area contributed by atoms with Gasteiger partial charge in [0.25, 0.3) is 0 Å². The molecule has 1 aromatic heterocycles. The number of rotatable bonds is 7. The van der Waals surface area contributed by atoms with E-state index in [0.717, 1.165) is 29.4 Å². The molecule has 1 aliphatic rings. The highest BCUT2D eigenvalue weighted by molar-refractivity contribution is 14.0. The first-order valence-electron chi connectivity index (χ1n) is 8.05. The second-order valence-corrected chi connectivity index (χ2v) is 6.96. The molecule has 0 spiro atoms. The van der Waals surface area contributed by atoms with Crippen LogP contribution in [0.25, 0.3) is 0 Å². The van der Waals surface area contributed by atoms with Crippen LogP contribution in [0.15, 0.2) is 4.99 Å². The molecule has 2 unspecified atom stereocenters. The lowest BCUT2D eigenvalue weighted by molar-refractivity contribution is 0.203. The lowest BCUT2D eigenvalue weighted by Crippen LogP contribution is -2.43. The highest BCUT2D eigenvalue weighted by atomic mass is 127. The van der Waals surface area contributed by atoms with Crippen molar-refractivity contribution < 1.29 is 4.74 Å². The summed E-state index contributed by atoms with van der Waals surface area (Å²) in [6, 6.07) is 0.488. The Labute approximate surface area is 165 Å². The summed E-state index contributed by atoms with van der Waals surface area (Å²) >= 11 is 1.96. The molecule has 9 heteroatoms. The molecule has 0 aromatic carbocycles. The molecule has 1 saturated carbocycles. The highest BCUT2D eigenvalue weighted by Crippen LogP contribution is 2.28. The Hall–Kier alpha value is -0.550. The number of aryl methyl sites for hydroxylation is 1. The van der Waals surface area contributed by atoms with Crippen molar-refractivity contribution in [1.82, 2.24) is 25.4 Å². The summed E-state index contributed by atoms with van der Waals surface area (Å²) in [5.41, 5.74) is 0. The molecule has 24 heavy (non-hydrogen) atoms. The third kappa shape index (κ3) is 6.40. The number of aromatic nitrogens is 3. The molecule has 1 aromatic rings. The van der Waals surface area contributed by atoms with Crippen molar-refractivity contribution in [2.45, 2.75) is 44.0 Å². The van der Waals surface area contributed by atoms with Crippen LogP contribution in [0.2, 0.25) is 0 Å². The van der Waals surface area contributed by atoms with Gasteiger partial charge in [0.15, 0.2) is 11.8 Å². The van der Waals surface area contributed by atoms with Gasteiger partial charge in [-0.3, -0.25) is 0 Å². The maximum absolute atomic E-state index is 5.11. The molecule has 0 radical (unpaired) electrons. The minimum Gasteiger partial charge on any atom is -0.383 e. The van der Waals surface area contributed by atoms with Crippen LogP contribution in [-0.4, -0.2) is 58.5 Å². The standard InChI is InChI=1S/C15H28N6OS.HI/c1-11-19-20-14(21(11)2)10-17-15(16-7-8-22-3)18-12-5-6-13(9-12)23-4;/h12-13H,5-10H2,1-4H3,(H2,16,17,18);1H. The molecular formula is C15H29IN6OS. The maximum Gasteiger partial charge on any atom is 0.192 e. The van der Waals surface area contributed by atoms with Crippen molar-refractivity contribution in [2.75, 3.05) is 26.5 Å². The molecule has 2 rings (SSSR count). The van der Waals surface area contributed by atoms with Gasteiger partial charge in [-0.25, -0.2) is 4.99 Å². The number of thioether (sulfide) groups is 1. The minimum atomic E-state index is 0. The molecule has 0 aliphatic heterocycles. The van der Waals surface area contributed by atoms with Gasteiger partial charge in [-0.05, 0) is 32.4 Å². The lowest BCUT2D eigenvalue weighted by atomic mass is 10.2. The van der Waals surface area contributed by atoms with E-state index >= 15 is 0 Å². The van der Waals surface area contributed by atoms with E-state index in [1.165, 1.54) is 19.3 Å². The summed E-state index contributed by atoms with van der Waals surface area (Å²) in [4.78, 5) is 4.66. The molecule has 0 bridgehead atoms. The second kappa shape index (κ2) is 11.1. The van der Waals surface area contributed by atoms with Gasteiger partial charge in [-0.2, -0.15) is 11.8 Å². The summed E-state index contributed by atoms with van der Waals surface area (Å²) in [5, 5.41) is 15.9. The fraction of sp³-hybridized carbons (Fsp3) is 0.800. The van der Waals surface area contributed by atoms with Crippen molar-refractivity contribution in [2.24, 2.45) is 12.0 Å². The van der Waals surface area contributed by atoms with Gasteiger partial charge in [0.1, 0.15) is 12.4 Å². The predicted octanol–water partition coefficient (Wildman–Crippen LogP) is 1.71. The van der Waals surface area contributed by atoms with Gasteiger partial charge in [0, 0.05) is 32.0 Å². The quantitative estimate of drug-likeness (QED) is 0.275. The number of aliphatic imine (C=N–C) groups is 1. The summed E-state index contributed by atoms with van der Waals surface area (Å²) in [5.74, 6) is 2.59. The summed E-state index contributed by atoms with van der Waals surface area (Å²) in [6.07, 6.45) is 5.84. The van der Waals surface area contributed by atoms with Crippen LogP contribution in [0, 0.1) is 6.92 Å². The average molecular weight is 468 g/mol. The predicted molar refractivity (Wildman–Crippen MR) is 110 cm³/mol. The zero-order valence-electron chi connectivity index (χ0n) is 14.9. The van der Waals surface area contributed by atoms with Gasteiger partial charge >= 0.3 is 0 Å². The maximum atomic E-state index is 5.11. The third-order valence-electron chi connectivity index (χ3n) is 4.22. The van der Waals surface area contributed by atoms with Crippen molar-refractivity contribution in [3.8, 4) is 0 Å². The number of nitrogens with one attached hydrogen (secondary N) is 2. The molecule has 1 aliphatic carbocycles. The number of guanidine groups is 1. The zero-order chi connectivity index (χ0) is 16.7. The van der Waals surface area contributed by atoms with E-state index in [9.17, 15) is 0 Å². The molecule has 2 N–H and O–H groups in total. The Morgan fingerprint density at radius 2 is 2.21 bits per heavy atom. The van der Waals surface area contributed by atoms with Crippen molar-refractivity contribution >= 4 is 41.7 Å². The van der Waals surface area contributed by atoms with E-state index in [2.05, 4.69) is 32.1 Å². The lowest BCUT2D eigenvalue weighted by Gasteiger charge is -2.17. The van der Waals surface area contributed by atoms with Crippen LogP contribution in [0.3, 0.4) is 0 Å². The highest BCUT2D eigenvalue weighted by Gasteiger charge is 2.24. The number of halogens is 1. The van der Waals surface area contributed by atoms with Crippen LogP contribution in [0.1, 0.15) is 30.9 Å². The molecular weight excluding hydrogens is 439 g/mol. The molecule has 1 heterocycles. The van der Waals surface area contributed by atoms with Crippen LogP contribution in [0.4, 0.5) is 0 Å². The van der Waals surface area contributed by atoms with Gasteiger partial charge in [-0.15, -0.1) is 34.2 Å². The van der Waals surface area contributed by atoms with Crippen LogP contribution in [0.5, 0.6) is 0 Å². The van der Waals surface area contributed by atoms with Crippen LogP contribution in [-0.2, 0) is 18.3 Å². The molecule has 0 amide bonds. The molecule has 2 atom stereocenters. The zero-order valence-corrected chi connectivity index (χ0v) is 18.1. The normalized spacial score (nSPS) is 20.8. The second-order valence-electron chi connectivity index (χ2n) is 5.82. The van der Waals surface area contributed by atoms with Crippen LogP contribution < -0.4 is 10.6 Å². The van der Waals surface area contributed by atoms with Gasteiger partial charge in [0.05, 0.1) is 6.61 Å². The molecule has 7 nitrogen and oxygen atoms in total. The number of ether oxygens (including phenoxy) is 1. The van der Waals surface area contributed by atoms with E-state index in [4.69, 9.17) is 4.74 Å². The first-order valence-corrected chi connectivity index (χ1v) is 9.34. The summed E-state index contributed by atoms with van der Waals surface area (Å²) in [7, 11) is 3.67. The average Bonchev–Trinajstić information content (AvgIpc) is 3.13. The largest absolute Gasteiger partial charge is 0.383 e. The Kier molecular flexibility index (Phi) is 9.98. The van der Waals surface area contributed by atoms with Gasteiger partial charge < -0.3 is 19.9 Å². The Morgan fingerprint density at radius 1 is 1.42 bits per heavy atom.